The Labute approximate surface area is 220 Å². The number of amides is 1. The van der Waals surface area contributed by atoms with Gasteiger partial charge >= 0.3 is 5.97 Å². The number of benzene rings is 2. The summed E-state index contributed by atoms with van der Waals surface area (Å²) in [4.78, 5) is 29.7. The molecule has 2 aromatic carbocycles. The first-order valence-electron chi connectivity index (χ1n) is 12.2. The van der Waals surface area contributed by atoms with Crippen LogP contribution in [0.4, 0.5) is 5.82 Å². The van der Waals surface area contributed by atoms with Gasteiger partial charge in [0.25, 0.3) is 5.91 Å². The van der Waals surface area contributed by atoms with Crippen LogP contribution in [-0.2, 0) is 18.9 Å². The Hall–Kier alpha value is -4.04. The molecule has 38 heavy (non-hydrogen) atoms. The van der Waals surface area contributed by atoms with E-state index in [0.717, 1.165) is 11.1 Å². The zero-order chi connectivity index (χ0) is 27.0. The molecule has 1 N–H and O–H groups in total. The van der Waals surface area contributed by atoms with Crippen LogP contribution < -0.4 is 5.32 Å². The van der Waals surface area contributed by atoms with E-state index in [-0.39, 0.29) is 18.1 Å². The summed E-state index contributed by atoms with van der Waals surface area (Å²) in [6, 6.07) is 16.2. The normalized spacial score (nSPS) is 23.4. The smallest absolute Gasteiger partial charge is 0.338 e. The van der Waals surface area contributed by atoms with E-state index >= 15 is 0 Å². The third-order valence-corrected chi connectivity index (χ3v) is 6.51. The molecule has 10 heteroatoms. The minimum atomic E-state index is -0.916. The van der Waals surface area contributed by atoms with Crippen LogP contribution in [-0.4, -0.2) is 52.1 Å². The molecular formula is C28H28N4O6. The van der Waals surface area contributed by atoms with Crippen molar-refractivity contribution in [1.29, 1.82) is 5.26 Å². The molecule has 0 bridgehead atoms. The summed E-state index contributed by atoms with van der Waals surface area (Å²) in [5.41, 5.74) is 2.94. The van der Waals surface area contributed by atoms with Crippen LogP contribution in [0.15, 0.2) is 54.9 Å². The molecule has 0 aliphatic carbocycles. The van der Waals surface area contributed by atoms with E-state index in [1.165, 1.54) is 6.33 Å². The Morgan fingerprint density at radius 2 is 1.63 bits per heavy atom. The lowest BCUT2D eigenvalue weighted by molar-refractivity contribution is -0.200. The number of fused-ring (bicyclic) bond motifs is 1. The molecule has 1 aromatic heterocycles. The zero-order valence-corrected chi connectivity index (χ0v) is 21.5. The van der Waals surface area contributed by atoms with Gasteiger partial charge < -0.3 is 24.3 Å². The number of carbonyl (C=O) groups excluding carboxylic acids is 2. The Morgan fingerprint density at radius 3 is 2.26 bits per heavy atom. The highest BCUT2D eigenvalue weighted by Gasteiger charge is 2.56. The topological polar surface area (TPSA) is 125 Å². The number of hydrogen-bond donors (Lipinski definition) is 1. The standard InChI is InChI=1S/C28H28N4O6/c1-16-5-9-18(10-6-16)25(33)31-24-20(13-29)30-15-32(24)26-23-22(37-28(3,4)38-23)21(36-26)14-35-27(34)19-11-7-17(2)8-12-19/h5-12,15,21-23,26H,14H2,1-4H3,(H,31,33)/t21-,22-,23-,26-/m1/s1. The van der Waals surface area contributed by atoms with E-state index in [2.05, 4.69) is 10.3 Å². The van der Waals surface area contributed by atoms with Crippen molar-refractivity contribution in [3.8, 4) is 6.07 Å². The number of ether oxygens (including phenoxy) is 4. The summed E-state index contributed by atoms with van der Waals surface area (Å²) in [7, 11) is 0. The van der Waals surface area contributed by atoms with Crippen LogP contribution in [0.5, 0.6) is 0 Å². The number of nitriles is 1. The molecule has 196 valence electrons. The number of imidazole rings is 1. The zero-order valence-electron chi connectivity index (χ0n) is 21.5. The molecule has 10 nitrogen and oxygen atoms in total. The summed E-state index contributed by atoms with van der Waals surface area (Å²) in [6.45, 7) is 7.36. The van der Waals surface area contributed by atoms with Gasteiger partial charge in [-0.3, -0.25) is 9.36 Å². The second kappa shape index (κ2) is 10.0. The predicted octanol–water partition coefficient (Wildman–Crippen LogP) is 3.90. The number of rotatable bonds is 6. The number of nitrogens with zero attached hydrogens (tertiary/aromatic N) is 3. The highest BCUT2D eigenvalue weighted by atomic mass is 16.8. The van der Waals surface area contributed by atoms with E-state index in [1.807, 2.05) is 44.2 Å². The SMILES string of the molecule is Cc1ccc(C(=O)Nc2c(C#N)ncn2[C@@H]2O[C@H](COC(=O)c3ccc(C)cc3)[C@H]3OC(C)(C)O[C@H]32)cc1. The van der Waals surface area contributed by atoms with Crippen molar-refractivity contribution in [1.82, 2.24) is 9.55 Å². The number of aryl methyl sites for hydroxylation is 2. The molecule has 0 spiro atoms. The lowest BCUT2D eigenvalue weighted by Gasteiger charge is -2.25. The average Bonchev–Trinajstić information content (AvgIpc) is 3.53. The minimum absolute atomic E-state index is 0.0260. The van der Waals surface area contributed by atoms with Crippen molar-refractivity contribution in [2.45, 2.75) is 58.0 Å². The number of anilines is 1. The highest BCUT2D eigenvalue weighted by Crippen LogP contribution is 2.44. The number of hydrogen-bond acceptors (Lipinski definition) is 8. The maximum Gasteiger partial charge on any atom is 0.338 e. The molecule has 1 amide bonds. The maximum absolute atomic E-state index is 13.0. The van der Waals surface area contributed by atoms with Gasteiger partial charge in [-0.05, 0) is 52.0 Å². The Morgan fingerprint density at radius 1 is 1.03 bits per heavy atom. The number of nitrogens with one attached hydrogen (secondary N) is 1. The van der Waals surface area contributed by atoms with Gasteiger partial charge in [-0.2, -0.15) is 5.26 Å². The van der Waals surface area contributed by atoms with Gasteiger partial charge in [0.2, 0.25) is 0 Å². The van der Waals surface area contributed by atoms with Crippen LogP contribution >= 0.6 is 0 Å². The summed E-state index contributed by atoms with van der Waals surface area (Å²) in [6.07, 6.45) is -1.21. The van der Waals surface area contributed by atoms with Crippen LogP contribution in [0, 0.1) is 25.2 Å². The van der Waals surface area contributed by atoms with Gasteiger partial charge in [-0.1, -0.05) is 35.4 Å². The second-order valence-corrected chi connectivity index (χ2v) is 9.88. The first-order chi connectivity index (χ1) is 18.1. The Balaban J connectivity index is 1.38. The van der Waals surface area contributed by atoms with Gasteiger partial charge in [0.15, 0.2) is 23.5 Å². The Bertz CT molecular complexity index is 1390. The molecule has 0 unspecified atom stereocenters. The molecule has 2 saturated heterocycles. The summed E-state index contributed by atoms with van der Waals surface area (Å²) < 4.78 is 25.6. The first-order valence-corrected chi connectivity index (χ1v) is 12.2. The van der Waals surface area contributed by atoms with Gasteiger partial charge in [-0.15, -0.1) is 0 Å². The van der Waals surface area contributed by atoms with E-state index < -0.39 is 42.2 Å². The van der Waals surface area contributed by atoms with Crippen LogP contribution in [0.3, 0.4) is 0 Å². The Kier molecular flexibility index (Phi) is 6.75. The van der Waals surface area contributed by atoms with E-state index in [0.29, 0.717) is 11.1 Å². The van der Waals surface area contributed by atoms with E-state index in [9.17, 15) is 14.9 Å². The molecule has 4 atom stereocenters. The monoisotopic (exact) mass is 516 g/mol. The first kappa shape index (κ1) is 25.6. The van der Waals surface area contributed by atoms with Crippen molar-refractivity contribution in [3.05, 3.63) is 82.8 Å². The van der Waals surface area contributed by atoms with Crippen molar-refractivity contribution in [2.24, 2.45) is 0 Å². The molecule has 0 radical (unpaired) electrons. The van der Waals surface area contributed by atoms with E-state index in [4.69, 9.17) is 18.9 Å². The molecule has 2 aliphatic rings. The fraction of sp³-hybridized carbons (Fsp3) is 0.357. The van der Waals surface area contributed by atoms with Crippen molar-refractivity contribution in [3.63, 3.8) is 0 Å². The van der Waals surface area contributed by atoms with Crippen molar-refractivity contribution < 1.29 is 28.5 Å². The maximum atomic E-state index is 13.0. The largest absolute Gasteiger partial charge is 0.459 e. The van der Waals surface area contributed by atoms with Gasteiger partial charge in [-0.25, -0.2) is 9.78 Å². The highest BCUT2D eigenvalue weighted by molar-refractivity contribution is 6.04. The molecule has 2 fully saturated rings. The van der Waals surface area contributed by atoms with Gasteiger partial charge in [0.05, 0.1) is 5.56 Å². The predicted molar refractivity (Wildman–Crippen MR) is 135 cm³/mol. The third kappa shape index (κ3) is 5.04. The molecule has 3 heterocycles. The summed E-state index contributed by atoms with van der Waals surface area (Å²) in [5.74, 6) is -1.62. The van der Waals surface area contributed by atoms with Crippen molar-refractivity contribution >= 4 is 17.7 Å². The minimum Gasteiger partial charge on any atom is -0.459 e. The van der Waals surface area contributed by atoms with Crippen LogP contribution in [0.1, 0.15) is 57.6 Å². The molecule has 2 aliphatic heterocycles. The van der Waals surface area contributed by atoms with Crippen LogP contribution in [0.25, 0.3) is 0 Å². The van der Waals surface area contributed by atoms with E-state index in [1.54, 1.807) is 42.7 Å². The fourth-order valence-electron chi connectivity index (χ4n) is 4.59. The van der Waals surface area contributed by atoms with Crippen molar-refractivity contribution in [2.75, 3.05) is 11.9 Å². The summed E-state index contributed by atoms with van der Waals surface area (Å²) >= 11 is 0. The fourth-order valence-corrected chi connectivity index (χ4v) is 4.59. The number of aromatic nitrogens is 2. The third-order valence-electron chi connectivity index (χ3n) is 6.51. The molecule has 0 saturated carbocycles. The average molecular weight is 517 g/mol. The van der Waals surface area contributed by atoms with Gasteiger partial charge in [0, 0.05) is 5.56 Å². The quantitative estimate of drug-likeness (QED) is 0.489. The van der Waals surface area contributed by atoms with Crippen LogP contribution in [0.2, 0.25) is 0 Å². The lowest BCUT2D eigenvalue weighted by atomic mass is 10.1. The number of carbonyl (C=O) groups is 2. The molecular weight excluding hydrogens is 488 g/mol. The van der Waals surface area contributed by atoms with Gasteiger partial charge in [0.1, 0.15) is 37.3 Å². The number of esters is 1. The summed E-state index contributed by atoms with van der Waals surface area (Å²) in [5, 5.41) is 12.4. The second-order valence-electron chi connectivity index (χ2n) is 9.88. The lowest BCUT2D eigenvalue weighted by Crippen LogP contribution is -2.33. The molecule has 3 aromatic rings. The molecule has 5 rings (SSSR count).